The molecule has 16 heavy (non-hydrogen) atoms. The van der Waals surface area contributed by atoms with Crippen molar-refractivity contribution in [2.45, 2.75) is 0 Å². The molecule has 0 unspecified atom stereocenters. The number of nitrogens with zero attached hydrogens (tertiary/aromatic N) is 3. The maximum atomic E-state index is 5.74. The van der Waals surface area contributed by atoms with E-state index in [-0.39, 0.29) is 0 Å². The molecule has 88 valence electrons. The van der Waals surface area contributed by atoms with Gasteiger partial charge in [-0.3, -0.25) is 4.90 Å². The lowest BCUT2D eigenvalue weighted by Crippen LogP contribution is -2.36. The molecule has 1 aromatic heterocycles. The minimum Gasteiger partial charge on any atom is -0.394 e. The zero-order valence-corrected chi connectivity index (χ0v) is 10.0. The minimum absolute atomic E-state index is 0.608. The Labute approximate surface area is 99.8 Å². The van der Waals surface area contributed by atoms with E-state index in [0.717, 1.165) is 18.9 Å². The molecule has 0 bridgehead atoms. The molecule has 0 aliphatic carbocycles. The molecule has 0 atom stereocenters. The normalized spacial score (nSPS) is 17.2. The summed E-state index contributed by atoms with van der Waals surface area (Å²) in [5, 5.41) is 3.24. The minimum atomic E-state index is 0.608. The highest BCUT2D eigenvalue weighted by molar-refractivity contribution is 7.99. The lowest BCUT2D eigenvalue weighted by molar-refractivity contribution is 0.314. The third-order valence-corrected chi connectivity index (χ3v) is 3.51. The lowest BCUT2D eigenvalue weighted by Gasteiger charge is -2.26. The topological polar surface area (TPSA) is 67.1 Å². The Morgan fingerprint density at radius 1 is 1.44 bits per heavy atom. The van der Waals surface area contributed by atoms with Crippen molar-refractivity contribution in [3.63, 3.8) is 0 Å². The van der Waals surface area contributed by atoms with Crippen molar-refractivity contribution < 1.29 is 0 Å². The van der Waals surface area contributed by atoms with Crippen molar-refractivity contribution in [1.29, 1.82) is 0 Å². The number of hydrogen-bond donors (Lipinski definition) is 2. The second kappa shape index (κ2) is 5.91. The van der Waals surface area contributed by atoms with Gasteiger partial charge in [-0.05, 0) is 0 Å². The van der Waals surface area contributed by atoms with Crippen LogP contribution in [0, 0.1) is 0 Å². The molecule has 1 aliphatic heterocycles. The van der Waals surface area contributed by atoms with Crippen LogP contribution in [0.5, 0.6) is 0 Å². The quantitative estimate of drug-likeness (QED) is 0.798. The molecule has 1 fully saturated rings. The molecule has 2 heterocycles. The number of nitrogens with one attached hydrogen (secondary N) is 1. The van der Waals surface area contributed by atoms with Gasteiger partial charge >= 0.3 is 0 Å². The maximum absolute atomic E-state index is 5.74. The van der Waals surface area contributed by atoms with Crippen molar-refractivity contribution in [3.8, 4) is 0 Å². The van der Waals surface area contributed by atoms with Crippen molar-refractivity contribution in [1.82, 2.24) is 14.9 Å². The largest absolute Gasteiger partial charge is 0.394 e. The molecule has 0 spiro atoms. The van der Waals surface area contributed by atoms with Gasteiger partial charge in [0, 0.05) is 37.7 Å². The molecule has 1 saturated heterocycles. The first kappa shape index (κ1) is 11.5. The van der Waals surface area contributed by atoms with E-state index in [4.69, 9.17) is 5.73 Å². The average molecular weight is 239 g/mol. The highest BCUT2D eigenvalue weighted by Crippen LogP contribution is 2.11. The highest BCUT2D eigenvalue weighted by Gasteiger charge is 2.09. The Balaban J connectivity index is 1.73. The monoisotopic (exact) mass is 239 g/mol. The smallest absolute Gasteiger partial charge is 0.152 e. The van der Waals surface area contributed by atoms with Crippen LogP contribution in [0.25, 0.3) is 0 Å². The van der Waals surface area contributed by atoms with Crippen LogP contribution in [0.4, 0.5) is 11.5 Å². The second-order valence-corrected chi connectivity index (χ2v) is 4.93. The zero-order valence-electron chi connectivity index (χ0n) is 9.22. The first-order valence-corrected chi connectivity index (χ1v) is 6.61. The number of aromatic nitrogens is 2. The van der Waals surface area contributed by atoms with Crippen LogP contribution in [-0.4, -0.2) is 52.6 Å². The van der Waals surface area contributed by atoms with Gasteiger partial charge in [0.15, 0.2) is 5.82 Å². The highest BCUT2D eigenvalue weighted by atomic mass is 32.2. The summed E-state index contributed by atoms with van der Waals surface area (Å²) in [4.78, 5) is 10.4. The fraction of sp³-hybridized carbons (Fsp3) is 0.600. The van der Waals surface area contributed by atoms with Gasteiger partial charge in [-0.15, -0.1) is 0 Å². The summed E-state index contributed by atoms with van der Waals surface area (Å²) in [5.41, 5.74) is 6.34. The van der Waals surface area contributed by atoms with Gasteiger partial charge in [-0.2, -0.15) is 11.8 Å². The maximum Gasteiger partial charge on any atom is 0.152 e. The molecule has 0 radical (unpaired) electrons. The Morgan fingerprint density at radius 2 is 2.25 bits per heavy atom. The SMILES string of the molecule is Nc1cncnc1NCCN1CCSCC1. The molecular weight excluding hydrogens is 222 g/mol. The van der Waals surface area contributed by atoms with Gasteiger partial charge in [-0.1, -0.05) is 0 Å². The number of anilines is 2. The van der Waals surface area contributed by atoms with E-state index in [1.54, 1.807) is 6.20 Å². The van der Waals surface area contributed by atoms with Crippen LogP contribution in [0.3, 0.4) is 0 Å². The van der Waals surface area contributed by atoms with Crippen LogP contribution < -0.4 is 11.1 Å². The number of rotatable bonds is 4. The summed E-state index contributed by atoms with van der Waals surface area (Å²) in [6.07, 6.45) is 3.13. The third kappa shape index (κ3) is 3.24. The fourth-order valence-electron chi connectivity index (χ4n) is 1.65. The zero-order chi connectivity index (χ0) is 11.2. The average Bonchev–Trinajstić information content (AvgIpc) is 2.33. The van der Waals surface area contributed by atoms with Crippen LogP contribution in [0.1, 0.15) is 0 Å². The van der Waals surface area contributed by atoms with Crippen molar-refractivity contribution in [2.24, 2.45) is 0 Å². The number of nitrogens with two attached hydrogens (primary N) is 1. The Bertz CT molecular complexity index is 327. The Hall–Kier alpha value is -1.01. The summed E-state index contributed by atoms with van der Waals surface area (Å²) in [5.74, 6) is 3.23. The van der Waals surface area contributed by atoms with Gasteiger partial charge in [-0.25, -0.2) is 9.97 Å². The molecular formula is C10H17N5S. The standard InChI is InChI=1S/C10H17N5S/c11-9-7-12-8-14-10(9)13-1-2-15-3-5-16-6-4-15/h7-8H,1-6,11H2,(H,12,13,14). The fourth-order valence-corrected chi connectivity index (χ4v) is 2.62. The number of hydrogen-bond acceptors (Lipinski definition) is 6. The molecule has 0 aromatic carbocycles. The molecule has 3 N–H and O–H groups in total. The van der Waals surface area contributed by atoms with E-state index in [1.165, 1.54) is 30.9 Å². The van der Waals surface area contributed by atoms with E-state index >= 15 is 0 Å². The first-order valence-electron chi connectivity index (χ1n) is 5.46. The number of nitrogen functional groups attached to an aromatic ring is 1. The molecule has 5 nitrogen and oxygen atoms in total. The molecule has 1 aliphatic rings. The molecule has 2 rings (SSSR count). The third-order valence-electron chi connectivity index (χ3n) is 2.56. The van der Waals surface area contributed by atoms with Crippen LogP contribution in [0.15, 0.2) is 12.5 Å². The molecule has 0 saturated carbocycles. The van der Waals surface area contributed by atoms with E-state index in [1.807, 2.05) is 11.8 Å². The molecule has 0 amide bonds. The predicted octanol–water partition coefficient (Wildman–Crippen LogP) is 0.520. The van der Waals surface area contributed by atoms with Gasteiger partial charge in [0.25, 0.3) is 0 Å². The lowest BCUT2D eigenvalue weighted by atomic mass is 10.4. The van der Waals surface area contributed by atoms with Crippen molar-refractivity contribution in [3.05, 3.63) is 12.5 Å². The summed E-state index contributed by atoms with van der Waals surface area (Å²) in [7, 11) is 0. The number of thioether (sulfide) groups is 1. The van der Waals surface area contributed by atoms with Crippen LogP contribution in [0.2, 0.25) is 0 Å². The molecule has 1 aromatic rings. The second-order valence-electron chi connectivity index (χ2n) is 3.71. The van der Waals surface area contributed by atoms with E-state index in [0.29, 0.717) is 5.69 Å². The van der Waals surface area contributed by atoms with Gasteiger partial charge in [0.1, 0.15) is 6.33 Å². The van der Waals surface area contributed by atoms with E-state index in [2.05, 4.69) is 20.2 Å². The van der Waals surface area contributed by atoms with Gasteiger partial charge in [0.2, 0.25) is 0 Å². The summed E-state index contributed by atoms with van der Waals surface area (Å²) < 4.78 is 0. The van der Waals surface area contributed by atoms with Crippen LogP contribution in [-0.2, 0) is 0 Å². The Morgan fingerprint density at radius 3 is 3.00 bits per heavy atom. The first-order chi connectivity index (χ1) is 7.86. The summed E-state index contributed by atoms with van der Waals surface area (Å²) in [6.45, 7) is 4.30. The summed E-state index contributed by atoms with van der Waals surface area (Å²) in [6, 6.07) is 0. The van der Waals surface area contributed by atoms with E-state index < -0.39 is 0 Å². The van der Waals surface area contributed by atoms with Gasteiger partial charge in [0.05, 0.1) is 11.9 Å². The van der Waals surface area contributed by atoms with Crippen LogP contribution >= 0.6 is 11.8 Å². The van der Waals surface area contributed by atoms with Gasteiger partial charge < -0.3 is 11.1 Å². The van der Waals surface area contributed by atoms with E-state index in [9.17, 15) is 0 Å². The summed E-state index contributed by atoms with van der Waals surface area (Å²) >= 11 is 2.03. The van der Waals surface area contributed by atoms with Crippen molar-refractivity contribution in [2.75, 3.05) is 48.7 Å². The van der Waals surface area contributed by atoms with Crippen molar-refractivity contribution >= 4 is 23.3 Å². The predicted molar refractivity (Wildman–Crippen MR) is 68.7 cm³/mol. The Kier molecular flexibility index (Phi) is 4.24. The molecule has 6 heteroatoms.